The molecule has 0 fully saturated rings. The fraction of sp³-hybridized carbons (Fsp3) is 0.297. The molecule has 0 aliphatic heterocycles. The zero-order valence-corrected chi connectivity index (χ0v) is 29.3. The van der Waals surface area contributed by atoms with Crippen LogP contribution in [0.2, 0.25) is 5.02 Å². The molecule has 0 aliphatic carbocycles. The number of benzene rings is 3. The van der Waals surface area contributed by atoms with E-state index in [1.165, 1.54) is 17.8 Å². The highest BCUT2D eigenvalue weighted by Gasteiger charge is 2.25. The van der Waals surface area contributed by atoms with E-state index in [0.29, 0.717) is 40.9 Å². The number of nitrogens with zero attached hydrogens (tertiary/aromatic N) is 6. The topological polar surface area (TPSA) is 76.3 Å². The van der Waals surface area contributed by atoms with E-state index in [2.05, 4.69) is 33.7 Å². The Labute approximate surface area is 294 Å². The van der Waals surface area contributed by atoms with Crippen LogP contribution < -0.4 is 5.56 Å². The van der Waals surface area contributed by atoms with E-state index >= 15 is 0 Å². The number of aldehydes is 1. The average Bonchev–Trinajstić information content (AvgIpc) is 3.52. The number of thioether (sulfide) groups is 1. The zero-order chi connectivity index (χ0) is 34.9. The number of aromatic nitrogens is 4. The minimum atomic E-state index is -0.953. The van der Waals surface area contributed by atoms with Crippen LogP contribution in [0.5, 0.6) is 0 Å². The summed E-state index contributed by atoms with van der Waals surface area (Å²) in [4.78, 5) is 35.3. The molecule has 1 atom stereocenters. The Morgan fingerprint density at radius 2 is 1.57 bits per heavy atom. The average molecular weight is 705 g/mol. The van der Waals surface area contributed by atoms with E-state index in [0.717, 1.165) is 53.8 Å². The number of carbonyl (C=O) groups excluding carboxylic acids is 1. The van der Waals surface area contributed by atoms with Crippen LogP contribution in [0.15, 0.2) is 95.3 Å². The molecule has 0 aliphatic rings. The number of rotatable bonds is 16. The molecule has 3 aromatic carbocycles. The molecule has 5 aromatic rings. The summed E-state index contributed by atoms with van der Waals surface area (Å²) >= 11 is 7.28. The smallest absolute Gasteiger partial charge is 0.277 e. The SMILES string of the molecule is CCN(CC)CCN(Cc1ccc(-c2ccc(Cl)cc2)cc1)C(C=O)n1cc(Cc2cnn(C)c2)c(=O)nc1SCc1ccc(F)c(F)c1. The Balaban J connectivity index is 1.51. The molecule has 0 saturated heterocycles. The Kier molecular flexibility index (Phi) is 12.5. The summed E-state index contributed by atoms with van der Waals surface area (Å²) in [5.74, 6) is -1.68. The van der Waals surface area contributed by atoms with Crippen LogP contribution in [-0.4, -0.2) is 61.6 Å². The quantitative estimate of drug-likeness (QED) is 0.0622. The van der Waals surface area contributed by atoms with Crippen LogP contribution >= 0.6 is 23.4 Å². The van der Waals surface area contributed by atoms with Crippen LogP contribution in [0.4, 0.5) is 8.78 Å². The number of halogens is 3. The molecule has 0 radical (unpaired) electrons. The van der Waals surface area contributed by atoms with Crippen molar-refractivity contribution in [3.8, 4) is 11.1 Å². The number of likely N-dealkylation sites (N-methyl/N-ethyl adjacent to an activating group) is 1. The van der Waals surface area contributed by atoms with Crippen LogP contribution in [0, 0.1) is 11.6 Å². The molecule has 2 heterocycles. The second-order valence-corrected chi connectivity index (χ2v) is 13.1. The highest BCUT2D eigenvalue weighted by molar-refractivity contribution is 7.98. The van der Waals surface area contributed by atoms with Crippen molar-refractivity contribution < 1.29 is 13.6 Å². The molecular formula is C37H39ClF2N6O2S. The highest BCUT2D eigenvalue weighted by Crippen LogP contribution is 2.28. The van der Waals surface area contributed by atoms with E-state index in [1.807, 2.05) is 54.7 Å². The third kappa shape index (κ3) is 9.51. The Hall–Kier alpha value is -4.16. The maximum atomic E-state index is 14.0. The van der Waals surface area contributed by atoms with Crippen molar-refractivity contribution in [1.29, 1.82) is 0 Å². The summed E-state index contributed by atoms with van der Waals surface area (Å²) in [6, 6.07) is 19.6. The second kappa shape index (κ2) is 17.0. The zero-order valence-electron chi connectivity index (χ0n) is 27.7. The second-order valence-electron chi connectivity index (χ2n) is 11.7. The molecule has 0 spiro atoms. The Morgan fingerprint density at radius 3 is 2.18 bits per heavy atom. The third-order valence-electron chi connectivity index (χ3n) is 8.39. The highest BCUT2D eigenvalue weighted by atomic mass is 35.5. The van der Waals surface area contributed by atoms with Crippen molar-refractivity contribution in [3.63, 3.8) is 0 Å². The predicted molar refractivity (Wildman–Crippen MR) is 191 cm³/mol. The summed E-state index contributed by atoms with van der Waals surface area (Å²) in [6.07, 6.45) is 5.55. The lowest BCUT2D eigenvalue weighted by atomic mass is 10.0. The fourth-order valence-corrected chi connectivity index (χ4v) is 6.65. The molecule has 5 rings (SSSR count). The van der Waals surface area contributed by atoms with E-state index in [4.69, 9.17) is 11.6 Å². The van der Waals surface area contributed by atoms with Gasteiger partial charge in [0.2, 0.25) is 0 Å². The minimum Gasteiger partial charge on any atom is -0.304 e. The van der Waals surface area contributed by atoms with Crippen LogP contribution in [0.3, 0.4) is 0 Å². The number of carbonyl (C=O) groups is 1. The van der Waals surface area contributed by atoms with Crippen molar-refractivity contribution in [1.82, 2.24) is 29.1 Å². The van der Waals surface area contributed by atoms with Gasteiger partial charge < -0.3 is 9.47 Å². The molecule has 0 amide bonds. The lowest BCUT2D eigenvalue weighted by Crippen LogP contribution is -2.40. The molecule has 0 N–H and O–H groups in total. The van der Waals surface area contributed by atoms with Gasteiger partial charge in [-0.05, 0) is 65.2 Å². The van der Waals surface area contributed by atoms with Gasteiger partial charge in [-0.25, -0.2) is 8.78 Å². The molecule has 1 unspecified atom stereocenters. The molecule has 0 saturated carbocycles. The molecule has 8 nitrogen and oxygen atoms in total. The van der Waals surface area contributed by atoms with Crippen molar-refractivity contribution >= 4 is 29.6 Å². The molecule has 256 valence electrons. The first-order valence-electron chi connectivity index (χ1n) is 16.1. The third-order valence-corrected chi connectivity index (χ3v) is 9.68. The minimum absolute atomic E-state index is 0.211. The van der Waals surface area contributed by atoms with E-state index < -0.39 is 23.4 Å². The first-order valence-corrected chi connectivity index (χ1v) is 17.5. The molecule has 12 heteroatoms. The summed E-state index contributed by atoms with van der Waals surface area (Å²) < 4.78 is 31.0. The van der Waals surface area contributed by atoms with Crippen molar-refractivity contribution in [2.45, 2.75) is 43.9 Å². The maximum absolute atomic E-state index is 14.0. The summed E-state index contributed by atoms with van der Waals surface area (Å²) in [6.45, 7) is 7.64. The standard InChI is InChI=1S/C37H39ClF2N6O2S/c1-4-44(5-2)16-17-45(22-26-6-9-29(10-7-26)30-11-13-32(38)14-12-30)35(24-47)46-23-31(18-28-20-41-43(3)21-28)36(48)42-37(46)49-25-27-8-15-33(39)34(40)19-27/h6-15,19-21,23-24,35H,4-5,16-18,22,25H2,1-3H3. The summed E-state index contributed by atoms with van der Waals surface area (Å²) in [5.41, 5.74) is 4.43. The first-order chi connectivity index (χ1) is 23.7. The Morgan fingerprint density at radius 1 is 0.898 bits per heavy atom. The van der Waals surface area contributed by atoms with Crippen molar-refractivity contribution in [2.75, 3.05) is 26.2 Å². The molecular weight excluding hydrogens is 666 g/mol. The van der Waals surface area contributed by atoms with E-state index in [9.17, 15) is 18.4 Å². The number of hydrogen-bond donors (Lipinski definition) is 0. The van der Waals surface area contributed by atoms with Gasteiger partial charge in [0.1, 0.15) is 6.17 Å². The van der Waals surface area contributed by atoms with Crippen LogP contribution in [-0.2, 0) is 30.6 Å². The van der Waals surface area contributed by atoms with E-state index in [1.54, 1.807) is 28.7 Å². The number of hydrogen-bond acceptors (Lipinski definition) is 7. The van der Waals surface area contributed by atoms with Gasteiger partial charge in [-0.1, -0.05) is 79.7 Å². The molecule has 2 aromatic heterocycles. The van der Waals surface area contributed by atoms with Crippen molar-refractivity contribution in [3.05, 3.63) is 135 Å². The van der Waals surface area contributed by atoms with Gasteiger partial charge in [-0.2, -0.15) is 10.1 Å². The van der Waals surface area contributed by atoms with Crippen molar-refractivity contribution in [2.24, 2.45) is 7.05 Å². The lowest BCUT2D eigenvalue weighted by Gasteiger charge is -2.33. The van der Waals surface area contributed by atoms with Crippen LogP contribution in [0.25, 0.3) is 11.1 Å². The number of aryl methyl sites for hydroxylation is 1. The van der Waals surface area contributed by atoms with Gasteiger partial charge in [-0.3, -0.25) is 19.2 Å². The summed E-state index contributed by atoms with van der Waals surface area (Å²) in [5, 5.41) is 5.19. The van der Waals surface area contributed by atoms with Gasteiger partial charge in [-0.15, -0.1) is 0 Å². The first kappa shape index (κ1) is 36.1. The normalized spacial score (nSPS) is 12.2. The monoisotopic (exact) mass is 704 g/mol. The van der Waals surface area contributed by atoms with Gasteiger partial charge in [0, 0.05) is 61.8 Å². The van der Waals surface area contributed by atoms with Gasteiger partial charge in [0.15, 0.2) is 23.1 Å². The Bertz CT molecular complexity index is 1910. The maximum Gasteiger partial charge on any atom is 0.277 e. The largest absolute Gasteiger partial charge is 0.304 e. The van der Waals surface area contributed by atoms with E-state index in [-0.39, 0.29) is 12.2 Å². The summed E-state index contributed by atoms with van der Waals surface area (Å²) in [7, 11) is 1.80. The lowest BCUT2D eigenvalue weighted by molar-refractivity contribution is -0.116. The predicted octanol–water partition coefficient (Wildman–Crippen LogP) is 7.00. The van der Waals surface area contributed by atoms with Gasteiger partial charge in [0.05, 0.1) is 6.20 Å². The fourth-order valence-electron chi connectivity index (χ4n) is 5.59. The molecule has 0 bridgehead atoms. The van der Waals surface area contributed by atoms with Gasteiger partial charge in [0.25, 0.3) is 5.56 Å². The van der Waals surface area contributed by atoms with Gasteiger partial charge >= 0.3 is 0 Å². The molecule has 49 heavy (non-hydrogen) atoms. The van der Waals surface area contributed by atoms with Crippen LogP contribution in [0.1, 0.15) is 42.3 Å².